The minimum atomic E-state index is 0.0108. The van der Waals surface area contributed by atoms with E-state index in [0.717, 1.165) is 28.3 Å². The van der Waals surface area contributed by atoms with E-state index in [1.165, 1.54) is 0 Å². The third kappa shape index (κ3) is 3.33. The smallest absolute Gasteiger partial charge is 0.258 e. The molecule has 1 heterocycles. The van der Waals surface area contributed by atoms with Crippen LogP contribution in [0.15, 0.2) is 54.6 Å². The first-order chi connectivity index (χ1) is 12.0. The van der Waals surface area contributed by atoms with Crippen molar-refractivity contribution in [2.75, 3.05) is 11.4 Å². The van der Waals surface area contributed by atoms with Crippen LogP contribution < -0.4 is 4.90 Å². The van der Waals surface area contributed by atoms with Crippen molar-refractivity contribution in [3.05, 3.63) is 77.1 Å². The van der Waals surface area contributed by atoms with E-state index in [0.29, 0.717) is 12.1 Å². The summed E-state index contributed by atoms with van der Waals surface area (Å²) in [5.74, 6) is 0.0108. The van der Waals surface area contributed by atoms with Gasteiger partial charge in [0.2, 0.25) is 0 Å². The quantitative estimate of drug-likeness (QED) is 0.707. The predicted octanol–water partition coefficient (Wildman–Crippen LogP) is 4.46. The Labute approximate surface area is 148 Å². The second-order valence-corrected chi connectivity index (χ2v) is 6.22. The highest BCUT2D eigenvalue weighted by molar-refractivity contribution is 6.06. The van der Waals surface area contributed by atoms with Crippen LogP contribution in [-0.2, 0) is 0 Å². The monoisotopic (exact) mass is 333 g/mol. The molecule has 1 amide bonds. The fraction of sp³-hybridized carbons (Fsp3) is 0.238. The number of hydrogen-bond acceptors (Lipinski definition) is 2. The average Bonchev–Trinajstić information content (AvgIpc) is 2.95. The average molecular weight is 333 g/mol. The van der Waals surface area contributed by atoms with Crippen molar-refractivity contribution in [2.24, 2.45) is 0 Å². The molecule has 3 rings (SSSR count). The topological polar surface area (TPSA) is 38.1 Å². The zero-order chi connectivity index (χ0) is 18.0. The molecule has 0 spiro atoms. The van der Waals surface area contributed by atoms with E-state index < -0.39 is 0 Å². The highest BCUT2D eigenvalue weighted by Gasteiger charge is 2.17. The molecule has 128 valence electrons. The molecule has 0 saturated heterocycles. The fourth-order valence-electron chi connectivity index (χ4n) is 3.08. The first-order valence-corrected chi connectivity index (χ1v) is 8.52. The van der Waals surface area contributed by atoms with Crippen LogP contribution in [-0.4, -0.2) is 22.2 Å². The number of benzene rings is 2. The van der Waals surface area contributed by atoms with E-state index in [2.05, 4.69) is 5.10 Å². The summed E-state index contributed by atoms with van der Waals surface area (Å²) in [6.45, 7) is 8.65. The molecule has 0 bridgehead atoms. The van der Waals surface area contributed by atoms with Crippen LogP contribution in [0.5, 0.6) is 0 Å². The molecule has 0 fully saturated rings. The largest absolute Gasteiger partial charge is 0.308 e. The van der Waals surface area contributed by atoms with E-state index in [1.54, 1.807) is 0 Å². The number of para-hydroxylation sites is 1. The maximum Gasteiger partial charge on any atom is 0.258 e. The van der Waals surface area contributed by atoms with Gasteiger partial charge >= 0.3 is 0 Å². The Balaban J connectivity index is 1.90. The second kappa shape index (κ2) is 6.93. The number of rotatable bonds is 4. The molecule has 0 saturated carbocycles. The number of anilines is 1. The van der Waals surface area contributed by atoms with Gasteiger partial charge in [-0.2, -0.15) is 5.10 Å². The fourth-order valence-corrected chi connectivity index (χ4v) is 3.08. The molecular weight excluding hydrogens is 310 g/mol. The summed E-state index contributed by atoms with van der Waals surface area (Å²) in [4.78, 5) is 14.8. The van der Waals surface area contributed by atoms with Gasteiger partial charge in [-0.1, -0.05) is 18.2 Å². The molecule has 0 unspecified atom stereocenters. The molecule has 0 N–H and O–H groups in total. The van der Waals surface area contributed by atoms with Gasteiger partial charge in [0.05, 0.1) is 11.4 Å². The summed E-state index contributed by atoms with van der Waals surface area (Å²) >= 11 is 0. The van der Waals surface area contributed by atoms with Gasteiger partial charge in [-0.15, -0.1) is 0 Å². The van der Waals surface area contributed by atoms with Crippen molar-refractivity contribution in [1.82, 2.24) is 9.78 Å². The zero-order valence-electron chi connectivity index (χ0n) is 15.2. The lowest BCUT2D eigenvalue weighted by Gasteiger charge is -2.23. The first kappa shape index (κ1) is 17.0. The van der Waals surface area contributed by atoms with Crippen LogP contribution in [0.2, 0.25) is 0 Å². The number of aromatic nitrogens is 2. The van der Waals surface area contributed by atoms with Crippen molar-refractivity contribution >= 4 is 11.6 Å². The third-order valence-electron chi connectivity index (χ3n) is 4.34. The Morgan fingerprint density at radius 3 is 2.28 bits per heavy atom. The van der Waals surface area contributed by atoms with Gasteiger partial charge < -0.3 is 4.90 Å². The number of carbonyl (C=O) groups excluding carboxylic acids is 1. The van der Waals surface area contributed by atoms with Crippen LogP contribution in [0.4, 0.5) is 5.69 Å². The Morgan fingerprint density at radius 1 is 1.04 bits per heavy atom. The number of carbonyl (C=O) groups is 1. The number of hydrogen-bond donors (Lipinski definition) is 0. The van der Waals surface area contributed by atoms with Crippen molar-refractivity contribution in [3.63, 3.8) is 0 Å². The highest BCUT2D eigenvalue weighted by Crippen LogP contribution is 2.22. The van der Waals surface area contributed by atoms with Crippen LogP contribution in [0.3, 0.4) is 0 Å². The van der Waals surface area contributed by atoms with Crippen molar-refractivity contribution in [1.29, 1.82) is 0 Å². The maximum absolute atomic E-state index is 13.0. The molecule has 0 radical (unpaired) electrons. The van der Waals surface area contributed by atoms with Gasteiger partial charge in [0.15, 0.2) is 0 Å². The summed E-state index contributed by atoms with van der Waals surface area (Å²) < 4.78 is 1.89. The summed E-state index contributed by atoms with van der Waals surface area (Å²) in [5, 5.41) is 4.49. The molecule has 1 aromatic heterocycles. The SMILES string of the molecule is CCN(C(=O)c1ccc(-n2nc(C)cc2C)cc1)c1ccccc1C. The minimum Gasteiger partial charge on any atom is -0.308 e. The molecule has 0 atom stereocenters. The van der Waals surface area contributed by atoms with Gasteiger partial charge in [-0.25, -0.2) is 4.68 Å². The molecule has 3 aromatic rings. The van der Waals surface area contributed by atoms with Gasteiger partial charge in [0.25, 0.3) is 5.91 Å². The second-order valence-electron chi connectivity index (χ2n) is 6.22. The third-order valence-corrected chi connectivity index (χ3v) is 4.34. The van der Waals surface area contributed by atoms with E-state index in [9.17, 15) is 4.79 Å². The Bertz CT molecular complexity index is 894. The normalized spacial score (nSPS) is 10.7. The lowest BCUT2D eigenvalue weighted by atomic mass is 10.1. The van der Waals surface area contributed by atoms with Gasteiger partial charge in [0, 0.05) is 23.5 Å². The summed E-state index contributed by atoms with van der Waals surface area (Å²) in [6, 6.07) is 17.6. The first-order valence-electron chi connectivity index (χ1n) is 8.52. The van der Waals surface area contributed by atoms with Gasteiger partial charge in [0.1, 0.15) is 0 Å². The molecule has 0 aliphatic carbocycles. The molecule has 0 aliphatic rings. The zero-order valence-corrected chi connectivity index (χ0v) is 15.2. The Morgan fingerprint density at radius 2 is 1.72 bits per heavy atom. The molecule has 25 heavy (non-hydrogen) atoms. The highest BCUT2D eigenvalue weighted by atomic mass is 16.2. The van der Waals surface area contributed by atoms with E-state index in [1.807, 2.05) is 91.9 Å². The van der Waals surface area contributed by atoms with Crippen molar-refractivity contribution < 1.29 is 4.79 Å². The lowest BCUT2D eigenvalue weighted by Crippen LogP contribution is -2.31. The van der Waals surface area contributed by atoms with Crippen molar-refractivity contribution in [3.8, 4) is 5.69 Å². The molecule has 4 nitrogen and oxygen atoms in total. The Hall–Kier alpha value is -2.88. The van der Waals surface area contributed by atoms with Crippen molar-refractivity contribution in [2.45, 2.75) is 27.7 Å². The summed E-state index contributed by atoms with van der Waals surface area (Å²) in [5.41, 5.74) is 5.74. The number of amides is 1. The van der Waals surface area contributed by atoms with Gasteiger partial charge in [-0.3, -0.25) is 4.79 Å². The van der Waals surface area contributed by atoms with E-state index >= 15 is 0 Å². The maximum atomic E-state index is 13.0. The van der Waals surface area contributed by atoms with Crippen LogP contribution in [0.25, 0.3) is 5.69 Å². The van der Waals surface area contributed by atoms with E-state index in [4.69, 9.17) is 0 Å². The standard InChI is InChI=1S/C21H23N3O/c1-5-23(20-9-7-6-8-15(20)2)21(25)18-10-12-19(13-11-18)24-17(4)14-16(3)22-24/h6-14H,5H2,1-4H3. The predicted molar refractivity (Wildman–Crippen MR) is 102 cm³/mol. The Kier molecular flexibility index (Phi) is 4.70. The van der Waals surface area contributed by atoms with E-state index in [-0.39, 0.29) is 5.91 Å². The van der Waals surface area contributed by atoms with Crippen LogP contribution in [0, 0.1) is 20.8 Å². The summed E-state index contributed by atoms with van der Waals surface area (Å²) in [7, 11) is 0. The number of aryl methyl sites for hydroxylation is 3. The molecule has 0 aliphatic heterocycles. The summed E-state index contributed by atoms with van der Waals surface area (Å²) in [6.07, 6.45) is 0. The molecular formula is C21H23N3O. The van der Waals surface area contributed by atoms with Gasteiger partial charge in [-0.05, 0) is 69.7 Å². The van der Waals surface area contributed by atoms with Crippen LogP contribution >= 0.6 is 0 Å². The minimum absolute atomic E-state index is 0.0108. The molecule has 4 heteroatoms. The lowest BCUT2D eigenvalue weighted by molar-refractivity contribution is 0.0988. The molecule has 2 aromatic carbocycles. The van der Waals surface area contributed by atoms with Crippen LogP contribution in [0.1, 0.15) is 34.2 Å². The number of nitrogens with zero attached hydrogens (tertiary/aromatic N) is 3.